The van der Waals surface area contributed by atoms with E-state index in [4.69, 9.17) is 9.47 Å². The van der Waals surface area contributed by atoms with Gasteiger partial charge in [0.25, 0.3) is 0 Å². The smallest absolute Gasteiger partial charge is 0.0858 e. The van der Waals surface area contributed by atoms with Crippen molar-refractivity contribution in [3.63, 3.8) is 0 Å². The van der Waals surface area contributed by atoms with Crippen LogP contribution in [-0.4, -0.2) is 25.2 Å². The summed E-state index contributed by atoms with van der Waals surface area (Å²) in [6.07, 6.45) is 1.56. The maximum atomic E-state index is 5.40. The van der Waals surface area contributed by atoms with Crippen molar-refractivity contribution < 1.29 is 9.47 Å². The lowest BCUT2D eigenvalue weighted by molar-refractivity contribution is 0.0221. The molecule has 2 nitrogen and oxygen atoms in total. The van der Waals surface area contributed by atoms with Crippen molar-refractivity contribution in [3.8, 4) is 0 Å². The molecule has 0 N–H and O–H groups in total. The molecule has 0 aromatic rings. The van der Waals surface area contributed by atoms with E-state index in [9.17, 15) is 0 Å². The molecular formula is C6H13O2P. The van der Waals surface area contributed by atoms with Gasteiger partial charge in [0.2, 0.25) is 0 Å². The van der Waals surface area contributed by atoms with Gasteiger partial charge in [-0.1, -0.05) is 0 Å². The molecule has 1 heterocycles. The maximum Gasteiger partial charge on any atom is 0.0858 e. The molecule has 4 unspecified atom stereocenters. The van der Waals surface area contributed by atoms with Gasteiger partial charge >= 0.3 is 0 Å². The lowest BCUT2D eigenvalue weighted by Gasteiger charge is -2.09. The fourth-order valence-corrected chi connectivity index (χ4v) is 1.64. The third kappa shape index (κ3) is 1.64. The number of methoxy groups -OCH3 is 1. The van der Waals surface area contributed by atoms with Crippen LogP contribution in [0, 0.1) is 0 Å². The predicted octanol–water partition coefficient (Wildman–Crippen LogP) is 1.01. The van der Waals surface area contributed by atoms with Crippen molar-refractivity contribution in [1.82, 2.24) is 0 Å². The fraction of sp³-hybridized carbons (Fsp3) is 1.00. The van der Waals surface area contributed by atoms with Crippen molar-refractivity contribution in [2.45, 2.75) is 31.4 Å². The third-order valence-corrected chi connectivity index (χ3v) is 2.11. The van der Waals surface area contributed by atoms with Crippen molar-refractivity contribution in [2.75, 3.05) is 7.11 Å². The Balaban J connectivity index is 2.38. The molecule has 0 aliphatic carbocycles. The lowest BCUT2D eigenvalue weighted by Crippen LogP contribution is -2.18. The average Bonchev–Trinajstić information content (AvgIpc) is 2.10. The summed E-state index contributed by atoms with van der Waals surface area (Å²) in [5.74, 6) is 0.296. The van der Waals surface area contributed by atoms with Crippen molar-refractivity contribution in [1.29, 1.82) is 0 Å². The molecule has 0 saturated carbocycles. The van der Waals surface area contributed by atoms with Crippen LogP contribution in [0.2, 0.25) is 0 Å². The number of rotatable bonds is 1. The predicted molar refractivity (Wildman–Crippen MR) is 39.5 cm³/mol. The van der Waals surface area contributed by atoms with Gasteiger partial charge in [0.05, 0.1) is 18.1 Å². The van der Waals surface area contributed by atoms with Gasteiger partial charge in [0.15, 0.2) is 0 Å². The molecule has 0 radical (unpaired) electrons. The molecule has 1 aliphatic heterocycles. The van der Waals surface area contributed by atoms with E-state index in [-0.39, 0.29) is 6.10 Å². The molecule has 0 aromatic carbocycles. The summed E-state index contributed by atoms with van der Waals surface area (Å²) < 4.78 is 10.6. The first kappa shape index (κ1) is 7.46. The summed E-state index contributed by atoms with van der Waals surface area (Å²) in [4.78, 5) is 0. The zero-order valence-corrected chi connectivity index (χ0v) is 6.99. The first-order chi connectivity index (χ1) is 4.24. The lowest BCUT2D eigenvalue weighted by atomic mass is 10.2. The average molecular weight is 148 g/mol. The Morgan fingerprint density at radius 2 is 2.33 bits per heavy atom. The van der Waals surface area contributed by atoms with Gasteiger partial charge < -0.3 is 9.47 Å². The second-order valence-electron chi connectivity index (χ2n) is 2.39. The summed E-state index contributed by atoms with van der Waals surface area (Å²) >= 11 is 0. The second kappa shape index (κ2) is 2.96. The molecule has 0 aromatic heterocycles. The van der Waals surface area contributed by atoms with Gasteiger partial charge in [0, 0.05) is 13.5 Å². The van der Waals surface area contributed by atoms with Gasteiger partial charge in [-0.15, -0.1) is 9.24 Å². The monoisotopic (exact) mass is 148 g/mol. The highest BCUT2D eigenvalue weighted by molar-refractivity contribution is 7.17. The zero-order chi connectivity index (χ0) is 6.85. The van der Waals surface area contributed by atoms with Crippen LogP contribution in [-0.2, 0) is 9.47 Å². The van der Waals surface area contributed by atoms with E-state index >= 15 is 0 Å². The molecular weight excluding hydrogens is 135 g/mol. The maximum absolute atomic E-state index is 5.40. The first-order valence-corrected chi connectivity index (χ1v) is 3.84. The van der Waals surface area contributed by atoms with E-state index in [0.29, 0.717) is 11.9 Å². The highest BCUT2D eigenvalue weighted by Gasteiger charge is 2.28. The third-order valence-electron chi connectivity index (χ3n) is 1.68. The summed E-state index contributed by atoms with van der Waals surface area (Å²) in [6, 6.07) is 0. The van der Waals surface area contributed by atoms with Crippen LogP contribution in [0.1, 0.15) is 13.3 Å². The molecule has 9 heavy (non-hydrogen) atoms. The van der Waals surface area contributed by atoms with Crippen LogP contribution in [0.15, 0.2) is 0 Å². The minimum absolute atomic E-state index is 0.262. The van der Waals surface area contributed by atoms with Crippen LogP contribution in [0.5, 0.6) is 0 Å². The molecule has 0 spiro atoms. The Labute approximate surface area is 58.1 Å². The molecule has 1 aliphatic rings. The van der Waals surface area contributed by atoms with Crippen LogP contribution in [0.4, 0.5) is 0 Å². The molecule has 1 fully saturated rings. The van der Waals surface area contributed by atoms with E-state index in [1.807, 2.05) is 6.92 Å². The molecule has 3 heteroatoms. The largest absolute Gasteiger partial charge is 0.379 e. The fourth-order valence-electron chi connectivity index (χ4n) is 1.13. The molecule has 0 amide bonds. The standard InChI is InChI=1S/C6H13O2P/c1-4-5(7-2)3-6(9)8-4/h4-6H,3,9H2,1-2H3. The summed E-state index contributed by atoms with van der Waals surface area (Å²) in [6.45, 7) is 2.04. The number of hydrogen-bond acceptors (Lipinski definition) is 2. The van der Waals surface area contributed by atoms with Crippen LogP contribution in [0.25, 0.3) is 0 Å². The van der Waals surface area contributed by atoms with E-state index in [2.05, 4.69) is 9.24 Å². The van der Waals surface area contributed by atoms with Crippen LogP contribution < -0.4 is 0 Å². The Hall–Kier alpha value is 0.350. The number of ether oxygens (including phenoxy) is 2. The minimum atomic E-state index is 0.262. The normalized spacial score (nSPS) is 43.7. The van der Waals surface area contributed by atoms with Gasteiger partial charge in [-0.05, 0) is 6.92 Å². The second-order valence-corrected chi connectivity index (χ2v) is 3.13. The topological polar surface area (TPSA) is 18.5 Å². The molecule has 0 bridgehead atoms. The number of hydrogen-bond donors (Lipinski definition) is 0. The zero-order valence-electron chi connectivity index (χ0n) is 5.83. The Morgan fingerprint density at radius 3 is 2.56 bits per heavy atom. The molecule has 1 saturated heterocycles. The SMILES string of the molecule is COC1CC(P)OC1C. The van der Waals surface area contributed by atoms with Crippen molar-refractivity contribution >= 4 is 9.24 Å². The van der Waals surface area contributed by atoms with Crippen LogP contribution in [0.3, 0.4) is 0 Å². The van der Waals surface area contributed by atoms with Crippen molar-refractivity contribution in [3.05, 3.63) is 0 Å². The molecule has 54 valence electrons. The highest BCUT2D eigenvalue weighted by Crippen LogP contribution is 2.25. The summed E-state index contributed by atoms with van der Waals surface area (Å²) in [5, 5.41) is 0. The van der Waals surface area contributed by atoms with Gasteiger partial charge in [-0.3, -0.25) is 0 Å². The summed E-state index contributed by atoms with van der Waals surface area (Å²) in [7, 11) is 4.38. The Bertz CT molecular complexity index is 97.1. The molecule has 4 atom stereocenters. The quantitative estimate of drug-likeness (QED) is 0.517. The van der Waals surface area contributed by atoms with Gasteiger partial charge in [-0.2, -0.15) is 0 Å². The first-order valence-electron chi connectivity index (χ1n) is 3.18. The van der Waals surface area contributed by atoms with E-state index in [1.165, 1.54) is 0 Å². The Kier molecular flexibility index (Phi) is 2.45. The summed E-state index contributed by atoms with van der Waals surface area (Å²) in [5.41, 5.74) is 0. The minimum Gasteiger partial charge on any atom is -0.379 e. The van der Waals surface area contributed by atoms with E-state index in [1.54, 1.807) is 7.11 Å². The Morgan fingerprint density at radius 1 is 1.67 bits per heavy atom. The highest BCUT2D eigenvalue weighted by atomic mass is 31.0. The molecule has 1 rings (SSSR count). The van der Waals surface area contributed by atoms with E-state index < -0.39 is 0 Å². The van der Waals surface area contributed by atoms with Crippen molar-refractivity contribution in [2.24, 2.45) is 0 Å². The van der Waals surface area contributed by atoms with Crippen LogP contribution >= 0.6 is 9.24 Å². The van der Waals surface area contributed by atoms with Gasteiger partial charge in [-0.25, -0.2) is 0 Å². The van der Waals surface area contributed by atoms with Gasteiger partial charge in [0.1, 0.15) is 0 Å². The van der Waals surface area contributed by atoms with E-state index in [0.717, 1.165) is 6.42 Å².